The topological polar surface area (TPSA) is 69.6 Å². The molecule has 2 atom stereocenters. The zero-order valence-corrected chi connectivity index (χ0v) is 39.9. The number of nitrogens with one attached hydrogen (secondary N) is 1. The maximum Gasteiger partial charge on any atom is 0.220 e. The summed E-state index contributed by atoms with van der Waals surface area (Å²) < 4.78 is 0. The number of aliphatic hydroxyl groups is 2. The van der Waals surface area contributed by atoms with Gasteiger partial charge in [0.05, 0.1) is 18.8 Å². The Morgan fingerprint density at radius 2 is 0.738 bits per heavy atom. The van der Waals surface area contributed by atoms with Crippen LogP contribution in [0.5, 0.6) is 0 Å². The number of rotatable bonds is 45. The first-order valence-electron chi connectivity index (χ1n) is 25.6. The molecule has 0 saturated heterocycles. The fraction of sp³-hybridized carbons (Fsp3) is 0.667. The molecular formula is C57H97NO3. The monoisotopic (exact) mass is 844 g/mol. The van der Waals surface area contributed by atoms with Crippen LogP contribution in [0.4, 0.5) is 0 Å². The average molecular weight is 844 g/mol. The predicted molar refractivity (Wildman–Crippen MR) is 271 cm³/mol. The first kappa shape index (κ1) is 58.1. The number of unbranched alkanes of at least 4 members (excludes halogenated alkanes) is 22. The van der Waals surface area contributed by atoms with E-state index in [0.29, 0.717) is 12.8 Å². The lowest BCUT2D eigenvalue weighted by atomic mass is 10.0. The molecule has 0 aliphatic carbocycles. The Kier molecular flexibility index (Phi) is 48.9. The highest BCUT2D eigenvalue weighted by Gasteiger charge is 2.17. The molecule has 0 aromatic rings. The highest BCUT2D eigenvalue weighted by atomic mass is 16.3. The molecule has 61 heavy (non-hydrogen) atoms. The van der Waals surface area contributed by atoms with Gasteiger partial charge in [0.2, 0.25) is 5.91 Å². The molecule has 0 bridgehead atoms. The Morgan fingerprint density at radius 3 is 1.13 bits per heavy atom. The van der Waals surface area contributed by atoms with Crippen molar-refractivity contribution in [1.29, 1.82) is 0 Å². The largest absolute Gasteiger partial charge is 0.394 e. The Labute approximate surface area is 378 Å². The third-order valence-electron chi connectivity index (χ3n) is 11.0. The van der Waals surface area contributed by atoms with Crippen LogP contribution in [0.2, 0.25) is 0 Å². The summed E-state index contributed by atoms with van der Waals surface area (Å²) in [6.07, 6.45) is 78.2. The summed E-state index contributed by atoms with van der Waals surface area (Å²) in [6, 6.07) is -0.694. The van der Waals surface area contributed by atoms with Crippen molar-refractivity contribution in [3.05, 3.63) is 109 Å². The maximum atomic E-state index is 12.4. The standard InChI is InChI=1S/C57H97NO3/c1-3-5-7-9-11-13-15-17-19-21-23-24-25-26-27-28-29-30-31-32-33-35-36-38-40-42-44-46-48-50-52-56(60)55(54-59)58-57(61)53-51-49-47-45-43-41-39-37-34-22-20-18-16-14-12-10-8-6-4-2/h6,8,12,14,18,20,34-37,41-44,47,49-50,52,55-56,59-60H,3-5,7,9-11,13,15-17,19,21-33,38-40,45-46,48,51,53-54H2,1-2H3,(H,58,61)/b8-6-,14-12-,20-18-,36-35+,37-34-,43-41-,44-42+,49-47-,52-50+. The second kappa shape index (κ2) is 51.4. The predicted octanol–water partition coefficient (Wildman–Crippen LogP) is 16.7. The maximum absolute atomic E-state index is 12.4. The highest BCUT2D eigenvalue weighted by Crippen LogP contribution is 2.15. The Balaban J connectivity index is 3.69. The van der Waals surface area contributed by atoms with E-state index in [1.807, 2.05) is 12.2 Å². The lowest BCUT2D eigenvalue weighted by molar-refractivity contribution is -0.122. The van der Waals surface area contributed by atoms with Crippen molar-refractivity contribution >= 4 is 5.91 Å². The van der Waals surface area contributed by atoms with Crippen LogP contribution in [-0.4, -0.2) is 34.9 Å². The zero-order chi connectivity index (χ0) is 44.2. The second-order valence-electron chi connectivity index (χ2n) is 16.8. The number of carbonyl (C=O) groups excluding carboxylic acids is 1. The molecule has 0 aliphatic rings. The Morgan fingerprint density at radius 1 is 0.410 bits per heavy atom. The van der Waals surface area contributed by atoms with E-state index in [1.54, 1.807) is 6.08 Å². The normalized spacial score (nSPS) is 13.8. The molecule has 0 heterocycles. The lowest BCUT2D eigenvalue weighted by Crippen LogP contribution is -2.45. The molecule has 0 aromatic carbocycles. The molecule has 0 fully saturated rings. The third kappa shape index (κ3) is 47.9. The first-order chi connectivity index (χ1) is 30.2. The van der Waals surface area contributed by atoms with Crippen LogP contribution in [0, 0.1) is 0 Å². The van der Waals surface area contributed by atoms with Crippen molar-refractivity contribution in [2.24, 2.45) is 0 Å². The lowest BCUT2D eigenvalue weighted by Gasteiger charge is -2.19. The van der Waals surface area contributed by atoms with Gasteiger partial charge in [-0.1, -0.05) is 245 Å². The number of hydrogen-bond acceptors (Lipinski definition) is 3. The molecule has 0 saturated carbocycles. The second-order valence-corrected chi connectivity index (χ2v) is 16.8. The van der Waals surface area contributed by atoms with Crippen molar-refractivity contribution in [2.75, 3.05) is 6.61 Å². The zero-order valence-electron chi connectivity index (χ0n) is 39.9. The van der Waals surface area contributed by atoms with Crippen molar-refractivity contribution in [3.63, 3.8) is 0 Å². The minimum absolute atomic E-state index is 0.163. The van der Waals surface area contributed by atoms with Gasteiger partial charge < -0.3 is 15.5 Å². The number of aliphatic hydroxyl groups excluding tert-OH is 2. The molecule has 4 nitrogen and oxygen atoms in total. The van der Waals surface area contributed by atoms with Gasteiger partial charge in [-0.15, -0.1) is 0 Å². The fourth-order valence-corrected chi connectivity index (χ4v) is 7.12. The summed E-state index contributed by atoms with van der Waals surface area (Å²) in [6.45, 7) is 4.15. The van der Waals surface area contributed by atoms with E-state index < -0.39 is 12.1 Å². The summed E-state index contributed by atoms with van der Waals surface area (Å²) in [5.74, 6) is -0.163. The molecule has 1 amide bonds. The van der Waals surface area contributed by atoms with Gasteiger partial charge in [-0.25, -0.2) is 0 Å². The Hall–Kier alpha value is -2.95. The average Bonchev–Trinajstić information content (AvgIpc) is 3.26. The summed E-state index contributed by atoms with van der Waals surface area (Å²) in [5, 5.41) is 23.0. The summed E-state index contributed by atoms with van der Waals surface area (Å²) in [4.78, 5) is 12.4. The van der Waals surface area contributed by atoms with E-state index in [4.69, 9.17) is 0 Å². The quantitative estimate of drug-likeness (QED) is 0.0422. The van der Waals surface area contributed by atoms with Gasteiger partial charge in [-0.3, -0.25) is 4.79 Å². The molecule has 0 rings (SSSR count). The molecule has 4 heteroatoms. The smallest absolute Gasteiger partial charge is 0.220 e. The molecule has 0 aromatic heterocycles. The van der Waals surface area contributed by atoms with E-state index in [1.165, 1.54) is 135 Å². The minimum atomic E-state index is -0.910. The first-order valence-corrected chi connectivity index (χ1v) is 25.6. The molecule has 0 aliphatic heterocycles. The van der Waals surface area contributed by atoms with Crippen LogP contribution >= 0.6 is 0 Å². The van der Waals surface area contributed by atoms with Crippen molar-refractivity contribution in [1.82, 2.24) is 5.32 Å². The van der Waals surface area contributed by atoms with Crippen LogP contribution in [0.15, 0.2) is 109 Å². The van der Waals surface area contributed by atoms with Gasteiger partial charge in [-0.05, 0) is 83.5 Å². The van der Waals surface area contributed by atoms with Gasteiger partial charge in [0.25, 0.3) is 0 Å². The molecule has 0 spiro atoms. The number of hydrogen-bond donors (Lipinski definition) is 3. The minimum Gasteiger partial charge on any atom is -0.394 e. The summed E-state index contributed by atoms with van der Waals surface area (Å²) in [5.41, 5.74) is 0. The summed E-state index contributed by atoms with van der Waals surface area (Å²) >= 11 is 0. The van der Waals surface area contributed by atoms with Crippen molar-refractivity contribution in [3.8, 4) is 0 Å². The molecule has 2 unspecified atom stereocenters. The van der Waals surface area contributed by atoms with Crippen LogP contribution in [0.25, 0.3) is 0 Å². The number of carbonyl (C=O) groups is 1. The SMILES string of the molecule is CC/C=C\C/C=C\C/C=C\C/C=C\C/C=C\C/C=C\CCC(=O)NC(CO)C(O)/C=C/CC/C=C/CC/C=C/CCCCCCCCCCCCCCCCCCCCCC. The third-order valence-corrected chi connectivity index (χ3v) is 11.0. The van der Waals surface area contributed by atoms with Gasteiger partial charge in [0.1, 0.15) is 0 Å². The number of amides is 1. The Bertz CT molecular complexity index is 1180. The van der Waals surface area contributed by atoms with Gasteiger partial charge in [0, 0.05) is 6.42 Å². The molecule has 3 N–H and O–H groups in total. The van der Waals surface area contributed by atoms with E-state index in [-0.39, 0.29) is 12.5 Å². The van der Waals surface area contributed by atoms with E-state index in [9.17, 15) is 15.0 Å². The van der Waals surface area contributed by atoms with E-state index in [2.05, 4.69) is 110 Å². The van der Waals surface area contributed by atoms with Crippen molar-refractivity contribution < 1.29 is 15.0 Å². The molecule has 0 radical (unpaired) electrons. The van der Waals surface area contributed by atoms with Gasteiger partial charge >= 0.3 is 0 Å². The van der Waals surface area contributed by atoms with Gasteiger partial charge in [0.15, 0.2) is 0 Å². The van der Waals surface area contributed by atoms with Crippen LogP contribution in [0.3, 0.4) is 0 Å². The number of allylic oxidation sites excluding steroid dienone is 17. The van der Waals surface area contributed by atoms with Gasteiger partial charge in [-0.2, -0.15) is 0 Å². The molecule has 348 valence electrons. The van der Waals surface area contributed by atoms with Crippen LogP contribution in [-0.2, 0) is 4.79 Å². The molecular weight excluding hydrogens is 747 g/mol. The van der Waals surface area contributed by atoms with E-state index >= 15 is 0 Å². The highest BCUT2D eigenvalue weighted by molar-refractivity contribution is 5.76. The summed E-state index contributed by atoms with van der Waals surface area (Å²) in [7, 11) is 0. The van der Waals surface area contributed by atoms with Crippen LogP contribution in [0.1, 0.15) is 226 Å². The fourth-order valence-electron chi connectivity index (χ4n) is 7.12. The van der Waals surface area contributed by atoms with Crippen LogP contribution < -0.4 is 5.32 Å². The van der Waals surface area contributed by atoms with Crippen molar-refractivity contribution in [2.45, 2.75) is 238 Å². The van der Waals surface area contributed by atoms with E-state index in [0.717, 1.165) is 64.2 Å².